The minimum Gasteiger partial charge on any atom is -0.411 e. The number of thioether (sulfide) groups is 1. The fourth-order valence-electron chi connectivity index (χ4n) is 1.50. The van der Waals surface area contributed by atoms with Crippen LogP contribution >= 0.6 is 27.7 Å². The molecule has 1 heterocycles. The van der Waals surface area contributed by atoms with Crippen molar-refractivity contribution in [2.24, 2.45) is 0 Å². The van der Waals surface area contributed by atoms with E-state index in [-0.39, 0.29) is 11.0 Å². The van der Waals surface area contributed by atoms with Crippen molar-refractivity contribution in [1.82, 2.24) is 20.8 Å². The van der Waals surface area contributed by atoms with E-state index in [0.29, 0.717) is 12.4 Å². The molecule has 9 heteroatoms. The minimum absolute atomic E-state index is 0.0112. The Morgan fingerprint density at radius 2 is 2.18 bits per heavy atom. The van der Waals surface area contributed by atoms with Crippen molar-refractivity contribution in [3.8, 4) is 11.5 Å². The number of hydrogen-bond acceptors (Lipinski definition) is 6. The molecule has 22 heavy (non-hydrogen) atoms. The number of aromatic nitrogens is 2. The van der Waals surface area contributed by atoms with Gasteiger partial charge in [-0.15, -0.1) is 10.2 Å². The molecule has 0 spiro atoms. The van der Waals surface area contributed by atoms with E-state index in [1.54, 1.807) is 6.92 Å². The smallest absolute Gasteiger partial charge is 0.321 e. The third kappa shape index (κ3) is 4.85. The molecule has 0 saturated heterocycles. The quantitative estimate of drug-likeness (QED) is 0.768. The number of amides is 3. The molecule has 0 aliphatic heterocycles. The van der Waals surface area contributed by atoms with Gasteiger partial charge >= 0.3 is 6.03 Å². The Hall–Kier alpha value is -1.87. The molecule has 2 aromatic rings. The van der Waals surface area contributed by atoms with Crippen LogP contribution in [0.25, 0.3) is 11.5 Å². The number of carbonyl (C=O) groups is 2. The highest BCUT2D eigenvalue weighted by Gasteiger charge is 2.12. The fraction of sp³-hybridized carbons (Fsp3) is 0.231. The Morgan fingerprint density at radius 3 is 2.91 bits per heavy atom. The van der Waals surface area contributed by atoms with Crippen LogP contribution in [0.2, 0.25) is 0 Å². The standard InChI is InChI=1S/C13H13BrN4O3S/c1-2-15-12(20)16-10(19)7-22-13-18-17-11(21-13)8-4-3-5-9(14)6-8/h3-6H,2,7H2,1H3,(H2,15,16,19,20). The number of hydrogen-bond donors (Lipinski definition) is 2. The summed E-state index contributed by atoms with van der Waals surface area (Å²) >= 11 is 4.43. The highest BCUT2D eigenvalue weighted by molar-refractivity contribution is 9.10. The largest absolute Gasteiger partial charge is 0.411 e. The van der Waals surface area contributed by atoms with Crippen LogP contribution < -0.4 is 10.6 Å². The average Bonchev–Trinajstić information content (AvgIpc) is 2.94. The van der Waals surface area contributed by atoms with E-state index in [0.717, 1.165) is 21.8 Å². The van der Waals surface area contributed by atoms with Gasteiger partial charge in [0.25, 0.3) is 5.22 Å². The predicted molar refractivity (Wildman–Crippen MR) is 85.4 cm³/mol. The maximum atomic E-state index is 11.5. The van der Waals surface area contributed by atoms with E-state index in [1.165, 1.54) is 0 Å². The summed E-state index contributed by atoms with van der Waals surface area (Å²) in [5.74, 6) is -0.0526. The van der Waals surface area contributed by atoms with Gasteiger partial charge in [-0.25, -0.2) is 4.79 Å². The van der Waals surface area contributed by atoms with Crippen LogP contribution in [0.15, 0.2) is 38.4 Å². The molecular formula is C13H13BrN4O3S. The summed E-state index contributed by atoms with van der Waals surface area (Å²) in [7, 11) is 0. The second-order valence-corrected chi connectivity index (χ2v) is 5.92. The summed E-state index contributed by atoms with van der Waals surface area (Å²) < 4.78 is 6.37. The van der Waals surface area contributed by atoms with E-state index in [9.17, 15) is 9.59 Å². The van der Waals surface area contributed by atoms with Gasteiger partial charge in [-0.05, 0) is 25.1 Å². The number of benzene rings is 1. The van der Waals surface area contributed by atoms with Gasteiger partial charge in [-0.2, -0.15) is 0 Å². The van der Waals surface area contributed by atoms with Crippen LogP contribution in [-0.2, 0) is 4.79 Å². The first-order chi connectivity index (χ1) is 10.6. The molecule has 7 nitrogen and oxygen atoms in total. The molecule has 0 bridgehead atoms. The van der Waals surface area contributed by atoms with Crippen LogP contribution in [0, 0.1) is 0 Å². The van der Waals surface area contributed by atoms with Crippen molar-refractivity contribution < 1.29 is 14.0 Å². The SMILES string of the molecule is CCNC(=O)NC(=O)CSc1nnc(-c2cccc(Br)c2)o1. The lowest BCUT2D eigenvalue weighted by Crippen LogP contribution is -2.40. The van der Waals surface area contributed by atoms with Crippen molar-refractivity contribution in [3.63, 3.8) is 0 Å². The molecular weight excluding hydrogens is 372 g/mol. The maximum absolute atomic E-state index is 11.5. The van der Waals surface area contributed by atoms with E-state index >= 15 is 0 Å². The van der Waals surface area contributed by atoms with Gasteiger partial charge < -0.3 is 9.73 Å². The molecule has 0 atom stereocenters. The normalized spacial score (nSPS) is 10.3. The molecule has 116 valence electrons. The van der Waals surface area contributed by atoms with Crippen LogP contribution in [0.3, 0.4) is 0 Å². The molecule has 2 N–H and O–H groups in total. The highest BCUT2D eigenvalue weighted by Crippen LogP contribution is 2.25. The van der Waals surface area contributed by atoms with E-state index in [2.05, 4.69) is 36.8 Å². The lowest BCUT2D eigenvalue weighted by atomic mass is 10.2. The van der Waals surface area contributed by atoms with Gasteiger partial charge in [-0.1, -0.05) is 33.8 Å². The number of rotatable bonds is 5. The monoisotopic (exact) mass is 384 g/mol. The fourth-order valence-corrected chi connectivity index (χ4v) is 2.46. The average molecular weight is 385 g/mol. The predicted octanol–water partition coefficient (Wildman–Crippen LogP) is 2.44. The zero-order chi connectivity index (χ0) is 15.9. The molecule has 0 fully saturated rings. The molecule has 1 aromatic carbocycles. The van der Waals surface area contributed by atoms with Gasteiger partial charge in [0.15, 0.2) is 0 Å². The highest BCUT2D eigenvalue weighted by atomic mass is 79.9. The Labute approximate surface area is 139 Å². The van der Waals surface area contributed by atoms with Crippen molar-refractivity contribution >= 4 is 39.6 Å². The summed E-state index contributed by atoms with van der Waals surface area (Å²) in [6.07, 6.45) is 0. The lowest BCUT2D eigenvalue weighted by Gasteiger charge is -2.02. The summed E-state index contributed by atoms with van der Waals surface area (Å²) in [4.78, 5) is 22.7. The third-order valence-corrected chi connectivity index (χ3v) is 3.71. The van der Waals surface area contributed by atoms with Gasteiger partial charge in [0, 0.05) is 16.6 Å². The van der Waals surface area contributed by atoms with E-state index in [4.69, 9.17) is 4.42 Å². The molecule has 0 radical (unpaired) electrons. The number of carbonyl (C=O) groups excluding carboxylic acids is 2. The molecule has 3 amide bonds. The Kier molecular flexibility index (Phi) is 5.96. The van der Waals surface area contributed by atoms with Crippen molar-refractivity contribution in [2.45, 2.75) is 12.1 Å². The van der Waals surface area contributed by atoms with Gasteiger partial charge in [0.05, 0.1) is 5.75 Å². The first-order valence-electron chi connectivity index (χ1n) is 6.38. The minimum atomic E-state index is -0.520. The van der Waals surface area contributed by atoms with E-state index < -0.39 is 11.9 Å². The summed E-state index contributed by atoms with van der Waals surface area (Å²) in [5.41, 5.74) is 0.778. The van der Waals surface area contributed by atoms with Crippen molar-refractivity contribution in [2.75, 3.05) is 12.3 Å². The Balaban J connectivity index is 1.90. The third-order valence-electron chi connectivity index (χ3n) is 2.40. The summed E-state index contributed by atoms with van der Waals surface area (Å²) in [6, 6.07) is 6.92. The first kappa shape index (κ1) is 16.5. The van der Waals surface area contributed by atoms with Crippen molar-refractivity contribution in [1.29, 1.82) is 0 Å². The summed E-state index contributed by atoms with van der Waals surface area (Å²) in [5, 5.41) is 12.7. The molecule has 0 aliphatic carbocycles. The number of halogens is 1. The van der Waals surface area contributed by atoms with Crippen LogP contribution in [-0.4, -0.2) is 34.4 Å². The van der Waals surface area contributed by atoms with Crippen LogP contribution in [0.5, 0.6) is 0 Å². The number of nitrogens with one attached hydrogen (secondary N) is 2. The van der Waals surface area contributed by atoms with Crippen LogP contribution in [0.1, 0.15) is 6.92 Å². The molecule has 1 aromatic heterocycles. The first-order valence-corrected chi connectivity index (χ1v) is 8.16. The summed E-state index contributed by atoms with van der Waals surface area (Å²) in [6.45, 7) is 2.21. The van der Waals surface area contributed by atoms with Crippen molar-refractivity contribution in [3.05, 3.63) is 28.7 Å². The Bertz CT molecular complexity index is 677. The second kappa shape index (κ2) is 7.95. The lowest BCUT2D eigenvalue weighted by molar-refractivity contribution is -0.117. The van der Waals surface area contributed by atoms with Gasteiger partial charge in [-0.3, -0.25) is 10.1 Å². The molecule has 0 aliphatic rings. The number of nitrogens with zero attached hydrogens (tertiary/aromatic N) is 2. The second-order valence-electron chi connectivity index (χ2n) is 4.08. The maximum Gasteiger partial charge on any atom is 0.321 e. The van der Waals surface area contributed by atoms with Crippen LogP contribution in [0.4, 0.5) is 4.79 Å². The zero-order valence-corrected chi connectivity index (χ0v) is 14.0. The zero-order valence-electron chi connectivity index (χ0n) is 11.6. The van der Waals surface area contributed by atoms with E-state index in [1.807, 2.05) is 24.3 Å². The number of urea groups is 1. The molecule has 2 rings (SSSR count). The topological polar surface area (TPSA) is 97.1 Å². The number of imide groups is 1. The van der Waals surface area contributed by atoms with Gasteiger partial charge in [0.2, 0.25) is 11.8 Å². The molecule has 0 unspecified atom stereocenters. The Morgan fingerprint density at radius 1 is 1.36 bits per heavy atom. The molecule has 0 saturated carbocycles. The van der Waals surface area contributed by atoms with Gasteiger partial charge in [0.1, 0.15) is 0 Å².